The molecule has 238 valence electrons. The van der Waals surface area contributed by atoms with Crippen molar-refractivity contribution in [2.45, 2.75) is 148 Å². The highest BCUT2D eigenvalue weighted by Crippen LogP contribution is 2.43. The van der Waals surface area contributed by atoms with E-state index < -0.39 is 26.5 Å². The minimum Gasteiger partial charge on any atom is -0.462 e. The lowest BCUT2D eigenvalue weighted by Crippen LogP contribution is -2.52. The maximum atomic E-state index is 12.4. The van der Waals surface area contributed by atoms with Crippen LogP contribution < -0.4 is 5.73 Å². The van der Waals surface area contributed by atoms with E-state index in [4.69, 9.17) is 18.5 Å². The van der Waals surface area contributed by atoms with Crippen molar-refractivity contribution >= 4 is 19.8 Å². The van der Waals surface area contributed by atoms with E-state index in [2.05, 4.69) is 19.6 Å². The van der Waals surface area contributed by atoms with Crippen molar-refractivity contribution in [2.24, 2.45) is 0 Å². The zero-order valence-corrected chi connectivity index (χ0v) is 26.3. The van der Waals surface area contributed by atoms with Crippen molar-refractivity contribution in [3.63, 3.8) is 0 Å². The first-order valence-electron chi connectivity index (χ1n) is 15.9. The number of phosphoric acid groups is 1. The van der Waals surface area contributed by atoms with E-state index >= 15 is 0 Å². The van der Waals surface area contributed by atoms with E-state index in [-0.39, 0.29) is 32.0 Å². The molecule has 0 heterocycles. The van der Waals surface area contributed by atoms with Gasteiger partial charge in [0, 0.05) is 12.8 Å². The quantitative estimate of drug-likeness (QED) is 0.0399. The molecule has 0 aromatic carbocycles. The zero-order chi connectivity index (χ0) is 29.7. The van der Waals surface area contributed by atoms with Crippen LogP contribution in [0, 0.1) is 6.92 Å². The summed E-state index contributed by atoms with van der Waals surface area (Å²) >= 11 is 0. The van der Waals surface area contributed by atoms with Gasteiger partial charge < -0.3 is 27.0 Å². The Bertz CT molecular complexity index is 649. The van der Waals surface area contributed by atoms with Gasteiger partial charge in [-0.25, -0.2) is 4.57 Å². The minimum absolute atomic E-state index is 0.0398. The largest absolute Gasteiger partial charge is 0.472 e. The molecule has 9 nitrogen and oxygen atoms in total. The van der Waals surface area contributed by atoms with Gasteiger partial charge in [0.25, 0.3) is 0 Å². The summed E-state index contributed by atoms with van der Waals surface area (Å²) in [4.78, 5) is 34.4. The van der Waals surface area contributed by atoms with Crippen LogP contribution in [0.5, 0.6) is 0 Å². The first-order chi connectivity index (χ1) is 19.3. The number of hydrogen-bond acceptors (Lipinski definition) is 7. The van der Waals surface area contributed by atoms with Crippen LogP contribution in [-0.2, 0) is 32.7 Å². The van der Waals surface area contributed by atoms with Crippen molar-refractivity contribution in [2.75, 3.05) is 26.4 Å². The fourth-order valence-electron chi connectivity index (χ4n) is 4.28. The summed E-state index contributed by atoms with van der Waals surface area (Å²) in [5.41, 5.74) is 3.55. The van der Waals surface area contributed by atoms with E-state index in [0.717, 1.165) is 51.4 Å². The molecular formula is C30H60NO8P. The molecule has 1 unspecified atom stereocenters. The zero-order valence-electron chi connectivity index (χ0n) is 25.4. The molecule has 0 saturated heterocycles. The molecule has 0 aromatic rings. The topological polar surface area (TPSA) is 136 Å². The summed E-state index contributed by atoms with van der Waals surface area (Å²) in [6.45, 7) is 5.70. The van der Waals surface area contributed by atoms with E-state index in [0.29, 0.717) is 13.0 Å². The highest BCUT2D eigenvalue weighted by Gasteiger charge is 2.26. The monoisotopic (exact) mass is 593 g/mol. The molecule has 0 rings (SSSR count). The number of ether oxygens (including phenoxy) is 2. The SMILES string of the molecule is [CH2-]CCCCCCCCCC(=O)OC[C@H](COP(=O)(O)OCC[NH3+])OC(=O)CCCCCCCCCCCCC. The molecule has 0 amide bonds. The van der Waals surface area contributed by atoms with Crippen molar-refractivity contribution < 1.29 is 43.3 Å². The fraction of sp³-hybridized carbons (Fsp3) is 0.900. The Morgan fingerprint density at radius 1 is 0.725 bits per heavy atom. The van der Waals surface area contributed by atoms with Gasteiger partial charge in [-0.1, -0.05) is 110 Å². The Morgan fingerprint density at radius 3 is 1.70 bits per heavy atom. The van der Waals surface area contributed by atoms with Gasteiger partial charge in [0.15, 0.2) is 6.10 Å². The van der Waals surface area contributed by atoms with E-state index in [1.54, 1.807) is 0 Å². The van der Waals surface area contributed by atoms with Crippen LogP contribution in [0.1, 0.15) is 142 Å². The van der Waals surface area contributed by atoms with Crippen LogP contribution in [0.25, 0.3) is 0 Å². The third-order valence-corrected chi connectivity index (χ3v) is 7.65. The maximum absolute atomic E-state index is 12.4. The molecule has 0 aliphatic carbocycles. The average molecular weight is 594 g/mol. The van der Waals surface area contributed by atoms with Gasteiger partial charge in [0.1, 0.15) is 13.2 Å². The molecule has 0 fully saturated rings. The molecule has 40 heavy (non-hydrogen) atoms. The lowest BCUT2D eigenvalue weighted by molar-refractivity contribution is -0.371. The van der Waals surface area contributed by atoms with Crippen molar-refractivity contribution in [1.82, 2.24) is 0 Å². The summed E-state index contributed by atoms with van der Waals surface area (Å²) in [7, 11) is -4.31. The molecule has 0 aliphatic rings. The molecule has 0 aromatic heterocycles. The average Bonchev–Trinajstić information content (AvgIpc) is 2.93. The molecule has 2 atom stereocenters. The number of hydrogen-bond donors (Lipinski definition) is 2. The number of unbranched alkanes of at least 4 members (excludes halogenated alkanes) is 17. The Balaban J connectivity index is 4.30. The number of phosphoric ester groups is 1. The van der Waals surface area contributed by atoms with E-state index in [1.807, 2.05) is 0 Å². The number of carbonyl (C=O) groups excluding carboxylic acids is 2. The normalized spacial score (nSPS) is 13.6. The summed E-state index contributed by atoms with van der Waals surface area (Å²) in [6, 6.07) is 0. The third kappa shape index (κ3) is 27.2. The number of carbonyl (C=O) groups is 2. The van der Waals surface area contributed by atoms with Gasteiger partial charge in [0.2, 0.25) is 0 Å². The molecule has 0 saturated carbocycles. The summed E-state index contributed by atoms with van der Waals surface area (Å²) in [6.07, 6.45) is 21.0. The smallest absolute Gasteiger partial charge is 0.462 e. The fourth-order valence-corrected chi connectivity index (χ4v) is 5.07. The van der Waals surface area contributed by atoms with Crippen molar-refractivity contribution in [1.29, 1.82) is 0 Å². The second-order valence-corrected chi connectivity index (χ2v) is 12.1. The van der Waals surface area contributed by atoms with Gasteiger partial charge >= 0.3 is 19.8 Å². The standard InChI is InChI=1S/C30H59NO8P/c1-3-5-7-9-11-13-14-15-17-19-21-23-30(33)39-28(27-38-40(34,35)37-25-24-31)26-36-29(32)22-20-18-16-12-10-8-6-4-2/h28H,2-27,31H2,1H3,(H,34,35)/q-1/p+1/t28-/m1/s1. The Hall–Kier alpha value is -0.990. The maximum Gasteiger partial charge on any atom is 0.472 e. The van der Waals surface area contributed by atoms with Gasteiger partial charge in [-0.2, -0.15) is 6.42 Å². The Kier molecular flexibility index (Phi) is 27.4. The molecule has 0 bridgehead atoms. The van der Waals surface area contributed by atoms with Crippen LogP contribution in [0.15, 0.2) is 0 Å². The molecule has 10 heteroatoms. The highest BCUT2D eigenvalue weighted by molar-refractivity contribution is 7.47. The third-order valence-electron chi connectivity index (χ3n) is 6.67. The van der Waals surface area contributed by atoms with Gasteiger partial charge in [-0.05, 0) is 12.8 Å². The van der Waals surface area contributed by atoms with Gasteiger partial charge in [-0.3, -0.25) is 18.6 Å². The van der Waals surface area contributed by atoms with Crippen LogP contribution in [0.3, 0.4) is 0 Å². The molecule has 0 spiro atoms. The minimum atomic E-state index is -4.31. The second-order valence-electron chi connectivity index (χ2n) is 10.6. The number of rotatable bonds is 30. The molecular weight excluding hydrogens is 533 g/mol. The van der Waals surface area contributed by atoms with Crippen LogP contribution in [0.4, 0.5) is 0 Å². The second kappa shape index (κ2) is 28.1. The first-order valence-corrected chi connectivity index (χ1v) is 17.4. The lowest BCUT2D eigenvalue weighted by Gasteiger charge is -2.19. The summed E-state index contributed by atoms with van der Waals surface area (Å²) < 4.78 is 32.5. The summed E-state index contributed by atoms with van der Waals surface area (Å²) in [5, 5.41) is 0. The van der Waals surface area contributed by atoms with Crippen LogP contribution in [0.2, 0.25) is 0 Å². The predicted octanol–water partition coefficient (Wildman–Crippen LogP) is 6.86. The lowest BCUT2D eigenvalue weighted by atomic mass is 10.1. The van der Waals surface area contributed by atoms with Crippen LogP contribution >= 0.6 is 7.82 Å². The highest BCUT2D eigenvalue weighted by atomic mass is 31.2. The molecule has 0 radical (unpaired) electrons. The predicted molar refractivity (Wildman–Crippen MR) is 158 cm³/mol. The number of esters is 2. The van der Waals surface area contributed by atoms with E-state index in [9.17, 15) is 19.0 Å². The Morgan fingerprint density at radius 2 is 1.20 bits per heavy atom. The first kappa shape index (κ1) is 39.0. The van der Waals surface area contributed by atoms with E-state index in [1.165, 1.54) is 64.2 Å². The summed E-state index contributed by atoms with van der Waals surface area (Å²) in [5.74, 6) is -0.824. The number of quaternary nitrogens is 1. The Labute approximate surface area is 244 Å². The molecule has 0 aliphatic heterocycles. The molecule has 4 N–H and O–H groups in total. The van der Waals surface area contributed by atoms with Crippen LogP contribution in [-0.4, -0.2) is 49.3 Å². The van der Waals surface area contributed by atoms with Gasteiger partial charge in [0.05, 0.1) is 13.2 Å². The van der Waals surface area contributed by atoms with Crippen molar-refractivity contribution in [3.05, 3.63) is 6.92 Å². The van der Waals surface area contributed by atoms with Crippen molar-refractivity contribution in [3.8, 4) is 0 Å². The van der Waals surface area contributed by atoms with Gasteiger partial charge in [-0.15, -0.1) is 0 Å².